The molecule has 0 radical (unpaired) electrons. The van der Waals surface area contributed by atoms with Gasteiger partial charge in [0.15, 0.2) is 5.11 Å². The molecule has 3 aromatic carbocycles. The predicted molar refractivity (Wildman–Crippen MR) is 126 cm³/mol. The van der Waals surface area contributed by atoms with Crippen molar-refractivity contribution >= 4 is 23.2 Å². The fourth-order valence-corrected chi connectivity index (χ4v) is 3.30. The molecule has 3 rings (SSSR count). The van der Waals surface area contributed by atoms with Gasteiger partial charge in [0, 0.05) is 18.7 Å². The summed E-state index contributed by atoms with van der Waals surface area (Å²) >= 11 is 5.59. The second-order valence-electron chi connectivity index (χ2n) is 7.00. The molecule has 3 aromatic rings. The molecule has 32 heavy (non-hydrogen) atoms. The van der Waals surface area contributed by atoms with Gasteiger partial charge < -0.3 is 14.4 Å². The van der Waals surface area contributed by atoms with E-state index in [2.05, 4.69) is 5.32 Å². The number of benzene rings is 3. The zero-order chi connectivity index (χ0) is 22.9. The SMILES string of the molecule is COc1ccc(CN(Cc2ccc(OC)cc2)C(=S)NC(=O)c2cccc(C#N)c2)cc1. The zero-order valence-corrected chi connectivity index (χ0v) is 18.7. The summed E-state index contributed by atoms with van der Waals surface area (Å²) in [5.41, 5.74) is 2.82. The molecule has 0 aliphatic heterocycles. The van der Waals surface area contributed by atoms with Crippen molar-refractivity contribution in [2.24, 2.45) is 0 Å². The highest BCUT2D eigenvalue weighted by Crippen LogP contribution is 2.17. The van der Waals surface area contributed by atoms with Crippen LogP contribution in [0.1, 0.15) is 27.0 Å². The van der Waals surface area contributed by atoms with E-state index in [1.54, 1.807) is 32.4 Å². The minimum absolute atomic E-state index is 0.295. The average molecular weight is 446 g/mol. The van der Waals surface area contributed by atoms with Crippen LogP contribution in [0.2, 0.25) is 0 Å². The van der Waals surface area contributed by atoms with Crippen LogP contribution in [0.5, 0.6) is 11.5 Å². The number of thiocarbonyl (C=S) groups is 1. The Balaban J connectivity index is 1.79. The molecule has 162 valence electrons. The first kappa shape index (κ1) is 22.8. The third-order valence-electron chi connectivity index (χ3n) is 4.83. The summed E-state index contributed by atoms with van der Waals surface area (Å²) in [6, 6.07) is 23.9. The maximum Gasteiger partial charge on any atom is 0.257 e. The number of rotatable bonds is 7. The Bertz CT molecular complexity index is 1070. The molecule has 0 atom stereocenters. The monoisotopic (exact) mass is 445 g/mol. The minimum Gasteiger partial charge on any atom is -0.497 e. The number of ether oxygens (including phenoxy) is 2. The lowest BCUT2D eigenvalue weighted by molar-refractivity contribution is 0.0972. The van der Waals surface area contributed by atoms with Gasteiger partial charge >= 0.3 is 0 Å². The van der Waals surface area contributed by atoms with Gasteiger partial charge in [-0.15, -0.1) is 0 Å². The third-order valence-corrected chi connectivity index (χ3v) is 5.19. The topological polar surface area (TPSA) is 74.6 Å². The summed E-state index contributed by atoms with van der Waals surface area (Å²) in [6.45, 7) is 0.987. The smallest absolute Gasteiger partial charge is 0.257 e. The highest BCUT2D eigenvalue weighted by molar-refractivity contribution is 7.80. The van der Waals surface area contributed by atoms with Gasteiger partial charge in [-0.3, -0.25) is 10.1 Å². The lowest BCUT2D eigenvalue weighted by Gasteiger charge is -2.26. The van der Waals surface area contributed by atoms with Crippen molar-refractivity contribution in [1.29, 1.82) is 5.26 Å². The molecule has 0 saturated carbocycles. The maximum atomic E-state index is 12.7. The van der Waals surface area contributed by atoms with Gasteiger partial charge in [0.2, 0.25) is 0 Å². The van der Waals surface area contributed by atoms with E-state index in [-0.39, 0.29) is 5.91 Å². The Morgan fingerprint density at radius 2 is 1.47 bits per heavy atom. The molecular weight excluding hydrogens is 422 g/mol. The fourth-order valence-electron chi connectivity index (χ4n) is 3.08. The van der Waals surface area contributed by atoms with E-state index in [0.29, 0.717) is 29.3 Å². The molecule has 0 fully saturated rings. The van der Waals surface area contributed by atoms with Crippen molar-refractivity contribution in [1.82, 2.24) is 10.2 Å². The molecular formula is C25H23N3O3S. The van der Waals surface area contributed by atoms with Crippen LogP contribution < -0.4 is 14.8 Å². The van der Waals surface area contributed by atoms with Gasteiger partial charge in [0.1, 0.15) is 11.5 Å². The molecule has 1 amide bonds. The largest absolute Gasteiger partial charge is 0.497 e. The Labute approximate surface area is 193 Å². The second kappa shape index (κ2) is 10.9. The van der Waals surface area contributed by atoms with Crippen LogP contribution in [-0.2, 0) is 13.1 Å². The van der Waals surface area contributed by atoms with Crippen LogP contribution in [0.3, 0.4) is 0 Å². The molecule has 6 nitrogen and oxygen atoms in total. The standard InChI is InChI=1S/C25H23N3O3S/c1-30-22-10-6-18(7-11-22)16-28(17-19-8-12-23(31-2)13-9-19)25(32)27-24(29)21-5-3-4-20(14-21)15-26/h3-14H,16-17H2,1-2H3,(H,27,29,32). The molecule has 7 heteroatoms. The number of hydrogen-bond acceptors (Lipinski definition) is 5. The van der Waals surface area contributed by atoms with E-state index < -0.39 is 0 Å². The molecule has 0 aliphatic rings. The highest BCUT2D eigenvalue weighted by atomic mass is 32.1. The highest BCUT2D eigenvalue weighted by Gasteiger charge is 2.16. The number of hydrogen-bond donors (Lipinski definition) is 1. The van der Waals surface area contributed by atoms with Crippen LogP contribution in [0.15, 0.2) is 72.8 Å². The lowest BCUT2D eigenvalue weighted by atomic mass is 10.1. The Hall–Kier alpha value is -3.89. The van der Waals surface area contributed by atoms with Crippen molar-refractivity contribution in [3.8, 4) is 17.6 Å². The minimum atomic E-state index is -0.360. The summed E-state index contributed by atoms with van der Waals surface area (Å²) < 4.78 is 10.5. The normalized spacial score (nSPS) is 10.0. The first-order valence-electron chi connectivity index (χ1n) is 9.88. The Kier molecular flexibility index (Phi) is 7.79. The van der Waals surface area contributed by atoms with E-state index in [9.17, 15) is 4.79 Å². The predicted octanol–water partition coefficient (Wildman–Crippen LogP) is 4.29. The molecule has 0 spiro atoms. The molecule has 0 aliphatic carbocycles. The maximum absolute atomic E-state index is 12.7. The van der Waals surface area contributed by atoms with Crippen LogP contribution >= 0.6 is 12.2 Å². The van der Waals surface area contributed by atoms with E-state index >= 15 is 0 Å². The average Bonchev–Trinajstić information content (AvgIpc) is 2.84. The Morgan fingerprint density at radius 1 is 0.938 bits per heavy atom. The van der Waals surface area contributed by atoms with Gasteiger partial charge in [0.05, 0.1) is 25.9 Å². The van der Waals surface area contributed by atoms with Gasteiger partial charge in [0.25, 0.3) is 5.91 Å². The summed E-state index contributed by atoms with van der Waals surface area (Å²) in [7, 11) is 3.24. The number of carbonyl (C=O) groups excluding carboxylic acids is 1. The van der Waals surface area contributed by atoms with Gasteiger partial charge in [-0.1, -0.05) is 30.3 Å². The molecule has 1 N–H and O–H groups in total. The van der Waals surface area contributed by atoms with Crippen LogP contribution in [0, 0.1) is 11.3 Å². The van der Waals surface area contributed by atoms with Gasteiger partial charge in [-0.25, -0.2) is 0 Å². The zero-order valence-electron chi connectivity index (χ0n) is 17.9. The fraction of sp³-hybridized carbons (Fsp3) is 0.160. The Morgan fingerprint density at radius 3 is 1.94 bits per heavy atom. The van der Waals surface area contributed by atoms with Crippen LogP contribution in [0.4, 0.5) is 0 Å². The summed E-state index contributed by atoms with van der Waals surface area (Å²) in [5, 5.41) is 12.2. The number of nitrogens with zero attached hydrogens (tertiary/aromatic N) is 2. The summed E-state index contributed by atoms with van der Waals surface area (Å²) in [6.07, 6.45) is 0. The number of nitriles is 1. The van der Waals surface area contributed by atoms with E-state index in [0.717, 1.165) is 22.6 Å². The third kappa shape index (κ3) is 6.06. The number of carbonyl (C=O) groups is 1. The van der Waals surface area contributed by atoms with E-state index in [1.807, 2.05) is 59.5 Å². The van der Waals surface area contributed by atoms with Crippen molar-refractivity contribution < 1.29 is 14.3 Å². The quantitative estimate of drug-likeness (QED) is 0.547. The van der Waals surface area contributed by atoms with Gasteiger partial charge in [-0.05, 0) is 65.8 Å². The first-order valence-corrected chi connectivity index (χ1v) is 10.3. The summed E-state index contributed by atoms with van der Waals surface area (Å²) in [4.78, 5) is 14.6. The number of nitrogens with one attached hydrogen (secondary N) is 1. The second-order valence-corrected chi connectivity index (χ2v) is 7.39. The van der Waals surface area contributed by atoms with Crippen molar-refractivity contribution in [3.63, 3.8) is 0 Å². The van der Waals surface area contributed by atoms with Crippen LogP contribution in [-0.4, -0.2) is 30.1 Å². The number of amides is 1. The van der Waals surface area contributed by atoms with Crippen molar-refractivity contribution in [3.05, 3.63) is 95.1 Å². The lowest BCUT2D eigenvalue weighted by Crippen LogP contribution is -2.42. The van der Waals surface area contributed by atoms with E-state index in [1.165, 1.54) is 6.07 Å². The van der Waals surface area contributed by atoms with Crippen molar-refractivity contribution in [2.75, 3.05) is 14.2 Å². The van der Waals surface area contributed by atoms with Crippen molar-refractivity contribution in [2.45, 2.75) is 13.1 Å². The van der Waals surface area contributed by atoms with E-state index in [4.69, 9.17) is 27.0 Å². The molecule has 0 bridgehead atoms. The van der Waals surface area contributed by atoms with Crippen LogP contribution in [0.25, 0.3) is 0 Å². The molecule has 0 unspecified atom stereocenters. The molecule has 0 aromatic heterocycles. The summed E-state index contributed by atoms with van der Waals surface area (Å²) in [5.74, 6) is 1.17. The number of methoxy groups -OCH3 is 2. The first-order chi connectivity index (χ1) is 15.5. The molecule has 0 heterocycles. The van der Waals surface area contributed by atoms with Gasteiger partial charge in [-0.2, -0.15) is 5.26 Å². The molecule has 0 saturated heterocycles.